The number of carbonyl (C=O) groups is 1. The minimum absolute atomic E-state index is 0.0391. The Balaban J connectivity index is 1.76. The molecule has 0 spiro atoms. The van der Waals surface area contributed by atoms with Gasteiger partial charge in [0, 0.05) is 24.4 Å². The number of aryl methyl sites for hydroxylation is 1. The predicted octanol–water partition coefficient (Wildman–Crippen LogP) is 3.77. The second kappa shape index (κ2) is 7.20. The summed E-state index contributed by atoms with van der Waals surface area (Å²) < 4.78 is 1.71. The van der Waals surface area contributed by atoms with E-state index in [2.05, 4.69) is 41.6 Å². The van der Waals surface area contributed by atoms with Crippen molar-refractivity contribution in [2.75, 3.05) is 6.54 Å². The summed E-state index contributed by atoms with van der Waals surface area (Å²) in [5.74, 6) is 0.0391. The number of carbonyl (C=O) groups excluding carboxylic acids is 1. The minimum atomic E-state index is -0.280. The molecule has 24 heavy (non-hydrogen) atoms. The van der Waals surface area contributed by atoms with Gasteiger partial charge in [0.15, 0.2) is 0 Å². The molecule has 1 N–H and O–H groups in total. The number of nitrogens with one attached hydrogen (secondary N) is 1. The molecule has 1 atom stereocenters. The maximum Gasteiger partial charge on any atom is 0.244 e. The number of aromatic nitrogens is 2. The summed E-state index contributed by atoms with van der Waals surface area (Å²) in [5.41, 5.74) is 2.80. The van der Waals surface area contributed by atoms with Crippen molar-refractivity contribution in [2.24, 2.45) is 0 Å². The van der Waals surface area contributed by atoms with Crippen molar-refractivity contribution >= 4 is 5.91 Å². The lowest BCUT2D eigenvalue weighted by Crippen LogP contribution is -2.44. The molecule has 1 aromatic carbocycles. The van der Waals surface area contributed by atoms with Crippen LogP contribution in [0.4, 0.5) is 0 Å². The minimum Gasteiger partial charge on any atom is -0.353 e. The molecule has 0 aliphatic heterocycles. The van der Waals surface area contributed by atoms with Crippen LogP contribution in [-0.4, -0.2) is 22.2 Å². The fraction of sp³-hybridized carbons (Fsp3) is 0.500. The van der Waals surface area contributed by atoms with Crippen LogP contribution in [0.25, 0.3) is 0 Å². The van der Waals surface area contributed by atoms with Crippen LogP contribution in [0.3, 0.4) is 0 Å². The molecule has 0 radical (unpaired) electrons. The highest BCUT2D eigenvalue weighted by Gasteiger charge is 2.35. The van der Waals surface area contributed by atoms with E-state index in [1.54, 1.807) is 10.9 Å². The lowest BCUT2D eigenvalue weighted by Gasteiger charge is -2.39. The van der Waals surface area contributed by atoms with E-state index in [0.29, 0.717) is 6.54 Å². The molecule has 1 unspecified atom stereocenters. The van der Waals surface area contributed by atoms with Gasteiger partial charge in [-0.25, -0.2) is 0 Å². The average Bonchev–Trinajstić information content (AvgIpc) is 3.15. The van der Waals surface area contributed by atoms with Gasteiger partial charge in [-0.3, -0.25) is 9.48 Å². The highest BCUT2D eigenvalue weighted by molar-refractivity contribution is 5.79. The van der Waals surface area contributed by atoms with Crippen molar-refractivity contribution in [1.29, 1.82) is 0 Å². The van der Waals surface area contributed by atoms with Gasteiger partial charge in [-0.2, -0.15) is 5.10 Å². The molecule has 1 aliphatic rings. The second-order valence-corrected chi connectivity index (χ2v) is 7.04. The Morgan fingerprint density at radius 2 is 2.00 bits per heavy atom. The first kappa shape index (κ1) is 16.7. The largest absolute Gasteiger partial charge is 0.353 e. The number of hydrogen-bond acceptors (Lipinski definition) is 2. The number of hydrogen-bond donors (Lipinski definition) is 1. The highest BCUT2D eigenvalue weighted by Crippen LogP contribution is 2.40. The van der Waals surface area contributed by atoms with Gasteiger partial charge >= 0.3 is 0 Å². The standard InChI is InChI=1S/C20H27N3O/c1-16-9-4-5-10-18(16)20(11-6-3-7-12-20)15-21-19(24)17(2)23-14-8-13-22-23/h4-5,8-10,13-14,17H,3,6-7,11-12,15H2,1-2H3,(H,21,24). The normalized spacial score (nSPS) is 18.1. The van der Waals surface area contributed by atoms with Crippen LogP contribution in [0, 0.1) is 6.92 Å². The van der Waals surface area contributed by atoms with E-state index >= 15 is 0 Å². The van der Waals surface area contributed by atoms with Crippen molar-refractivity contribution in [3.8, 4) is 0 Å². The van der Waals surface area contributed by atoms with Gasteiger partial charge in [0.1, 0.15) is 6.04 Å². The van der Waals surface area contributed by atoms with E-state index < -0.39 is 0 Å². The van der Waals surface area contributed by atoms with Crippen LogP contribution in [0.15, 0.2) is 42.7 Å². The van der Waals surface area contributed by atoms with Gasteiger partial charge < -0.3 is 5.32 Å². The Bertz CT molecular complexity index is 672. The molecule has 1 saturated carbocycles. The molecule has 128 valence electrons. The zero-order valence-corrected chi connectivity index (χ0v) is 14.7. The lowest BCUT2D eigenvalue weighted by atomic mass is 9.68. The number of nitrogens with zero attached hydrogens (tertiary/aromatic N) is 2. The maximum absolute atomic E-state index is 12.6. The van der Waals surface area contributed by atoms with E-state index in [9.17, 15) is 4.79 Å². The molecule has 1 heterocycles. The predicted molar refractivity (Wildman–Crippen MR) is 95.9 cm³/mol. The molecule has 2 aromatic rings. The van der Waals surface area contributed by atoms with Crippen molar-refractivity contribution in [2.45, 2.75) is 57.4 Å². The zero-order chi connectivity index (χ0) is 17.0. The van der Waals surface area contributed by atoms with E-state index in [0.717, 1.165) is 12.8 Å². The van der Waals surface area contributed by atoms with Crippen LogP contribution in [0.1, 0.15) is 56.2 Å². The maximum atomic E-state index is 12.6. The number of benzene rings is 1. The first-order valence-corrected chi connectivity index (χ1v) is 8.95. The Kier molecular flexibility index (Phi) is 5.03. The molecule has 4 nitrogen and oxygen atoms in total. The Morgan fingerprint density at radius 3 is 2.67 bits per heavy atom. The van der Waals surface area contributed by atoms with Crippen molar-refractivity contribution in [3.05, 3.63) is 53.9 Å². The Morgan fingerprint density at radius 1 is 1.25 bits per heavy atom. The molecule has 1 amide bonds. The fourth-order valence-corrected chi connectivity index (χ4v) is 3.97. The van der Waals surface area contributed by atoms with Gasteiger partial charge in [-0.1, -0.05) is 43.5 Å². The summed E-state index contributed by atoms with van der Waals surface area (Å²) in [5, 5.41) is 7.38. The van der Waals surface area contributed by atoms with Crippen LogP contribution in [0.2, 0.25) is 0 Å². The second-order valence-electron chi connectivity index (χ2n) is 7.04. The van der Waals surface area contributed by atoms with E-state index in [1.807, 2.05) is 19.2 Å². The molecule has 0 bridgehead atoms. The lowest BCUT2D eigenvalue weighted by molar-refractivity contribution is -0.124. The SMILES string of the molecule is Cc1ccccc1C1(CNC(=O)C(C)n2cccn2)CCCCC1. The van der Waals surface area contributed by atoms with Crippen molar-refractivity contribution in [3.63, 3.8) is 0 Å². The fourth-order valence-electron chi connectivity index (χ4n) is 3.97. The first-order chi connectivity index (χ1) is 11.6. The van der Waals surface area contributed by atoms with Gasteiger partial charge in [-0.15, -0.1) is 0 Å². The third-order valence-corrected chi connectivity index (χ3v) is 5.43. The quantitative estimate of drug-likeness (QED) is 0.909. The Labute approximate surface area is 144 Å². The molecular formula is C20H27N3O. The number of amides is 1. The molecule has 1 fully saturated rings. The molecule has 4 heteroatoms. The van der Waals surface area contributed by atoms with Crippen LogP contribution >= 0.6 is 0 Å². The van der Waals surface area contributed by atoms with Gasteiger partial charge in [0.05, 0.1) is 0 Å². The molecule has 0 saturated heterocycles. The summed E-state index contributed by atoms with van der Waals surface area (Å²) in [6.07, 6.45) is 9.60. The van der Waals surface area contributed by atoms with E-state index in [1.165, 1.54) is 30.4 Å². The van der Waals surface area contributed by atoms with Crippen molar-refractivity contribution in [1.82, 2.24) is 15.1 Å². The molecule has 1 aromatic heterocycles. The van der Waals surface area contributed by atoms with Crippen LogP contribution < -0.4 is 5.32 Å². The smallest absolute Gasteiger partial charge is 0.244 e. The van der Waals surface area contributed by atoms with Gasteiger partial charge in [0.25, 0.3) is 0 Å². The van der Waals surface area contributed by atoms with Crippen LogP contribution in [0.5, 0.6) is 0 Å². The summed E-state index contributed by atoms with van der Waals surface area (Å²) >= 11 is 0. The third-order valence-electron chi connectivity index (χ3n) is 5.43. The highest BCUT2D eigenvalue weighted by atomic mass is 16.2. The van der Waals surface area contributed by atoms with E-state index in [-0.39, 0.29) is 17.4 Å². The molecule has 1 aliphatic carbocycles. The summed E-state index contributed by atoms with van der Waals surface area (Å²) in [6.45, 7) is 4.78. The van der Waals surface area contributed by atoms with Crippen LogP contribution in [-0.2, 0) is 10.2 Å². The Hall–Kier alpha value is -2.10. The third kappa shape index (κ3) is 3.37. The monoisotopic (exact) mass is 325 g/mol. The topological polar surface area (TPSA) is 46.9 Å². The van der Waals surface area contributed by atoms with Gasteiger partial charge in [-0.05, 0) is 43.9 Å². The van der Waals surface area contributed by atoms with Crippen molar-refractivity contribution < 1.29 is 4.79 Å². The zero-order valence-electron chi connectivity index (χ0n) is 14.7. The molecule has 3 rings (SSSR count). The summed E-state index contributed by atoms with van der Waals surface area (Å²) in [7, 11) is 0. The average molecular weight is 325 g/mol. The molecular weight excluding hydrogens is 298 g/mol. The first-order valence-electron chi connectivity index (χ1n) is 8.95. The summed E-state index contributed by atoms with van der Waals surface area (Å²) in [6, 6.07) is 10.2. The van der Waals surface area contributed by atoms with E-state index in [4.69, 9.17) is 0 Å². The summed E-state index contributed by atoms with van der Waals surface area (Å²) in [4.78, 5) is 12.6. The number of rotatable bonds is 5. The van der Waals surface area contributed by atoms with Gasteiger partial charge in [0.2, 0.25) is 5.91 Å².